The second kappa shape index (κ2) is 9.34. The van der Waals surface area contributed by atoms with E-state index in [-0.39, 0.29) is 11.8 Å². The molecule has 0 aliphatic rings. The summed E-state index contributed by atoms with van der Waals surface area (Å²) in [6, 6.07) is 12.5. The summed E-state index contributed by atoms with van der Waals surface area (Å²) in [5.41, 5.74) is 3.10. The van der Waals surface area contributed by atoms with E-state index in [2.05, 4.69) is 20.8 Å². The molecule has 29 heavy (non-hydrogen) atoms. The van der Waals surface area contributed by atoms with Crippen molar-refractivity contribution < 1.29 is 14.1 Å². The van der Waals surface area contributed by atoms with Crippen LogP contribution in [0.15, 0.2) is 47.0 Å². The quantitative estimate of drug-likeness (QED) is 0.590. The van der Waals surface area contributed by atoms with Crippen molar-refractivity contribution in [2.45, 2.75) is 33.1 Å². The maximum absolute atomic E-state index is 12.2. The van der Waals surface area contributed by atoms with Crippen molar-refractivity contribution in [1.82, 2.24) is 10.1 Å². The molecule has 2 aromatic carbocycles. The minimum atomic E-state index is -0.134. The molecular formula is C21H21ClN4O3. The van der Waals surface area contributed by atoms with E-state index in [0.29, 0.717) is 41.7 Å². The molecule has 3 rings (SSSR count). The molecule has 2 N–H and O–H groups in total. The molecule has 0 atom stereocenters. The Kier molecular flexibility index (Phi) is 6.61. The fraction of sp³-hybridized carbons (Fsp3) is 0.238. The van der Waals surface area contributed by atoms with Crippen LogP contribution in [0.1, 0.15) is 31.2 Å². The van der Waals surface area contributed by atoms with Crippen molar-refractivity contribution in [2.24, 2.45) is 0 Å². The highest BCUT2D eigenvalue weighted by Crippen LogP contribution is 2.21. The lowest BCUT2D eigenvalue weighted by Gasteiger charge is -2.10. The van der Waals surface area contributed by atoms with Gasteiger partial charge in [-0.2, -0.15) is 4.98 Å². The van der Waals surface area contributed by atoms with E-state index in [4.69, 9.17) is 16.1 Å². The maximum atomic E-state index is 12.2. The zero-order valence-corrected chi connectivity index (χ0v) is 16.9. The lowest BCUT2D eigenvalue weighted by Crippen LogP contribution is -2.12. The van der Waals surface area contributed by atoms with Crippen molar-refractivity contribution in [3.05, 3.63) is 58.9 Å². The van der Waals surface area contributed by atoms with E-state index in [9.17, 15) is 9.59 Å². The van der Waals surface area contributed by atoms with Gasteiger partial charge in [0.25, 0.3) is 0 Å². The standard InChI is InChI=1S/C21H21ClN4O3/c1-13-12-17(10-11-18(13)23-14(2)27)24-19(28)4-3-5-20-25-21(26-29-20)15-6-8-16(22)9-7-15/h6-12H,3-5H2,1-2H3,(H,23,27)(H,24,28). The molecule has 0 bridgehead atoms. The zero-order chi connectivity index (χ0) is 20.8. The molecule has 1 heterocycles. The number of hydrogen-bond acceptors (Lipinski definition) is 5. The first-order valence-electron chi connectivity index (χ1n) is 9.17. The Hall–Kier alpha value is -3.19. The van der Waals surface area contributed by atoms with Crippen LogP contribution < -0.4 is 10.6 Å². The van der Waals surface area contributed by atoms with E-state index in [0.717, 1.165) is 16.8 Å². The van der Waals surface area contributed by atoms with Crippen molar-refractivity contribution in [3.63, 3.8) is 0 Å². The van der Waals surface area contributed by atoms with Gasteiger partial charge < -0.3 is 15.2 Å². The first-order chi connectivity index (χ1) is 13.9. The lowest BCUT2D eigenvalue weighted by molar-refractivity contribution is -0.116. The number of amides is 2. The number of hydrogen-bond donors (Lipinski definition) is 2. The predicted molar refractivity (Wildman–Crippen MR) is 112 cm³/mol. The van der Waals surface area contributed by atoms with Crippen LogP contribution >= 0.6 is 11.6 Å². The second-order valence-corrected chi connectivity index (χ2v) is 7.07. The van der Waals surface area contributed by atoms with Gasteiger partial charge in [-0.05, 0) is 61.4 Å². The molecule has 0 fully saturated rings. The van der Waals surface area contributed by atoms with E-state index in [1.54, 1.807) is 24.3 Å². The summed E-state index contributed by atoms with van der Waals surface area (Å²) in [5.74, 6) is 0.744. The molecule has 0 aliphatic carbocycles. The number of rotatable bonds is 7. The SMILES string of the molecule is CC(=O)Nc1ccc(NC(=O)CCCc2nc(-c3ccc(Cl)cc3)no2)cc1C. The largest absolute Gasteiger partial charge is 0.339 e. The Morgan fingerprint density at radius 1 is 1.10 bits per heavy atom. The normalized spacial score (nSPS) is 10.6. The number of nitrogens with zero attached hydrogens (tertiary/aromatic N) is 2. The molecule has 1 aromatic heterocycles. The molecule has 150 valence electrons. The maximum Gasteiger partial charge on any atom is 0.226 e. The van der Waals surface area contributed by atoms with Crippen molar-refractivity contribution >= 4 is 34.8 Å². The Morgan fingerprint density at radius 3 is 2.55 bits per heavy atom. The van der Waals surface area contributed by atoms with Gasteiger partial charge in [0.2, 0.25) is 23.5 Å². The summed E-state index contributed by atoms with van der Waals surface area (Å²) < 4.78 is 5.25. The minimum Gasteiger partial charge on any atom is -0.339 e. The second-order valence-electron chi connectivity index (χ2n) is 6.63. The van der Waals surface area contributed by atoms with Gasteiger partial charge in [0.15, 0.2) is 0 Å². The summed E-state index contributed by atoms with van der Waals surface area (Å²) in [4.78, 5) is 27.7. The van der Waals surface area contributed by atoms with Gasteiger partial charge in [0.05, 0.1) is 0 Å². The molecule has 0 aliphatic heterocycles. The van der Waals surface area contributed by atoms with Crippen molar-refractivity contribution in [1.29, 1.82) is 0 Å². The van der Waals surface area contributed by atoms with E-state index < -0.39 is 0 Å². The van der Waals surface area contributed by atoms with Gasteiger partial charge in [-0.25, -0.2) is 0 Å². The monoisotopic (exact) mass is 412 g/mol. The number of halogens is 1. The highest BCUT2D eigenvalue weighted by Gasteiger charge is 2.10. The Labute approximate surface area is 173 Å². The first-order valence-corrected chi connectivity index (χ1v) is 9.55. The summed E-state index contributed by atoms with van der Waals surface area (Å²) in [7, 11) is 0. The number of benzene rings is 2. The van der Waals surface area contributed by atoms with Crippen LogP contribution in [0.3, 0.4) is 0 Å². The van der Waals surface area contributed by atoms with E-state index >= 15 is 0 Å². The van der Waals surface area contributed by atoms with Crippen LogP contribution in [0.2, 0.25) is 5.02 Å². The van der Waals surface area contributed by atoms with Gasteiger partial charge in [-0.3, -0.25) is 9.59 Å². The predicted octanol–water partition coefficient (Wildman–Crippen LogP) is 4.62. The van der Waals surface area contributed by atoms with Gasteiger partial charge in [0.1, 0.15) is 0 Å². The summed E-state index contributed by atoms with van der Waals surface area (Å²) in [6.45, 7) is 3.33. The van der Waals surface area contributed by atoms with Crippen LogP contribution in [0, 0.1) is 6.92 Å². The van der Waals surface area contributed by atoms with Crippen LogP contribution in [-0.2, 0) is 16.0 Å². The first kappa shape index (κ1) is 20.5. The van der Waals surface area contributed by atoms with Crippen molar-refractivity contribution in [2.75, 3.05) is 10.6 Å². The summed E-state index contributed by atoms with van der Waals surface area (Å²) >= 11 is 5.88. The lowest BCUT2D eigenvalue weighted by atomic mass is 10.1. The fourth-order valence-electron chi connectivity index (χ4n) is 2.77. The molecule has 7 nitrogen and oxygen atoms in total. The van der Waals surface area contributed by atoms with Crippen LogP contribution in [0.25, 0.3) is 11.4 Å². The highest BCUT2D eigenvalue weighted by molar-refractivity contribution is 6.30. The number of carbonyl (C=O) groups is 2. The number of nitrogens with one attached hydrogen (secondary N) is 2. The molecule has 0 saturated heterocycles. The Bertz CT molecular complexity index is 1020. The average molecular weight is 413 g/mol. The third-order valence-corrected chi connectivity index (χ3v) is 4.44. The third-order valence-electron chi connectivity index (χ3n) is 4.19. The minimum absolute atomic E-state index is 0.103. The number of aromatic nitrogens is 2. The van der Waals surface area contributed by atoms with Gasteiger partial charge in [-0.15, -0.1) is 0 Å². The van der Waals surface area contributed by atoms with Crippen LogP contribution in [0.5, 0.6) is 0 Å². The molecule has 8 heteroatoms. The molecule has 3 aromatic rings. The number of anilines is 2. The summed E-state index contributed by atoms with van der Waals surface area (Å²) in [6.07, 6.45) is 1.41. The number of carbonyl (C=O) groups excluding carboxylic acids is 2. The molecule has 0 spiro atoms. The topological polar surface area (TPSA) is 97.1 Å². The van der Waals surface area contributed by atoms with Gasteiger partial charge in [-0.1, -0.05) is 16.8 Å². The van der Waals surface area contributed by atoms with E-state index in [1.165, 1.54) is 6.92 Å². The molecule has 0 unspecified atom stereocenters. The molecule has 0 saturated carbocycles. The van der Waals surface area contributed by atoms with E-state index in [1.807, 2.05) is 25.1 Å². The fourth-order valence-corrected chi connectivity index (χ4v) is 2.89. The Morgan fingerprint density at radius 2 is 1.86 bits per heavy atom. The number of aryl methyl sites for hydroxylation is 2. The zero-order valence-electron chi connectivity index (χ0n) is 16.2. The third kappa shape index (κ3) is 5.89. The highest BCUT2D eigenvalue weighted by atomic mass is 35.5. The Balaban J connectivity index is 1.48. The van der Waals surface area contributed by atoms with Crippen LogP contribution in [0.4, 0.5) is 11.4 Å². The molecular weight excluding hydrogens is 392 g/mol. The van der Waals surface area contributed by atoms with Crippen LogP contribution in [-0.4, -0.2) is 22.0 Å². The molecule has 0 radical (unpaired) electrons. The van der Waals surface area contributed by atoms with Crippen molar-refractivity contribution in [3.8, 4) is 11.4 Å². The average Bonchev–Trinajstić information content (AvgIpc) is 3.13. The van der Waals surface area contributed by atoms with Gasteiger partial charge in [0, 0.05) is 41.7 Å². The smallest absolute Gasteiger partial charge is 0.226 e. The summed E-state index contributed by atoms with van der Waals surface area (Å²) in [5, 5.41) is 10.2. The molecule has 2 amide bonds. The van der Waals surface area contributed by atoms with Gasteiger partial charge >= 0.3 is 0 Å².